The van der Waals surface area contributed by atoms with Gasteiger partial charge in [0.2, 0.25) is 0 Å². The summed E-state index contributed by atoms with van der Waals surface area (Å²) in [5.74, 6) is 0.405. The first-order valence-electron chi connectivity index (χ1n) is 8.29. The van der Waals surface area contributed by atoms with Gasteiger partial charge in [0, 0.05) is 26.2 Å². The third kappa shape index (κ3) is 3.49. The van der Waals surface area contributed by atoms with Gasteiger partial charge in [-0.2, -0.15) is 4.68 Å². The van der Waals surface area contributed by atoms with Gasteiger partial charge in [-0.3, -0.25) is 9.69 Å². The number of aromatic nitrogens is 4. The minimum atomic E-state index is -0.329. The molecular formula is C17H17FN6OS. The summed E-state index contributed by atoms with van der Waals surface area (Å²) in [5, 5.41) is 13.7. The summed E-state index contributed by atoms with van der Waals surface area (Å²) in [4.78, 5) is 17.2. The van der Waals surface area contributed by atoms with Crippen molar-refractivity contribution in [1.29, 1.82) is 0 Å². The number of carbonyl (C=O) groups excluding carboxylic acids is 1. The number of amides is 1. The van der Waals surface area contributed by atoms with Crippen LogP contribution in [0.25, 0.3) is 5.69 Å². The number of hydrogen-bond acceptors (Lipinski definition) is 6. The average molecular weight is 372 g/mol. The van der Waals surface area contributed by atoms with Crippen LogP contribution in [0.5, 0.6) is 0 Å². The lowest BCUT2D eigenvalue weighted by atomic mass is 10.2. The van der Waals surface area contributed by atoms with Gasteiger partial charge in [0.15, 0.2) is 5.82 Å². The van der Waals surface area contributed by atoms with Crippen LogP contribution < -0.4 is 0 Å². The van der Waals surface area contributed by atoms with Gasteiger partial charge < -0.3 is 4.90 Å². The second kappa shape index (κ2) is 7.30. The highest BCUT2D eigenvalue weighted by Crippen LogP contribution is 2.16. The van der Waals surface area contributed by atoms with Crippen molar-refractivity contribution in [2.24, 2.45) is 0 Å². The summed E-state index contributed by atoms with van der Waals surface area (Å²) in [6.45, 7) is 3.36. The quantitative estimate of drug-likeness (QED) is 0.699. The number of rotatable bonds is 4. The van der Waals surface area contributed by atoms with Crippen LogP contribution in [0.2, 0.25) is 0 Å². The van der Waals surface area contributed by atoms with Crippen molar-refractivity contribution in [3.05, 3.63) is 58.3 Å². The Bertz CT molecular complexity index is 888. The molecule has 3 aromatic rings. The maximum absolute atomic E-state index is 13.5. The molecule has 9 heteroatoms. The van der Waals surface area contributed by atoms with Crippen molar-refractivity contribution >= 4 is 17.2 Å². The van der Waals surface area contributed by atoms with Crippen molar-refractivity contribution in [3.63, 3.8) is 0 Å². The normalized spacial score (nSPS) is 15.3. The minimum Gasteiger partial charge on any atom is -0.335 e. The Kier molecular flexibility index (Phi) is 4.72. The average Bonchev–Trinajstić information content (AvgIpc) is 3.34. The molecule has 0 spiro atoms. The van der Waals surface area contributed by atoms with E-state index in [0.717, 1.165) is 18.0 Å². The van der Waals surface area contributed by atoms with Crippen molar-refractivity contribution in [3.8, 4) is 5.69 Å². The monoisotopic (exact) mass is 372 g/mol. The molecule has 1 fully saturated rings. The van der Waals surface area contributed by atoms with E-state index in [1.54, 1.807) is 16.8 Å². The first-order valence-corrected chi connectivity index (χ1v) is 9.17. The van der Waals surface area contributed by atoms with Crippen LogP contribution in [-0.4, -0.2) is 62.1 Å². The van der Waals surface area contributed by atoms with E-state index in [9.17, 15) is 9.18 Å². The lowest BCUT2D eigenvalue weighted by Gasteiger charge is -2.34. The zero-order chi connectivity index (χ0) is 17.9. The lowest BCUT2D eigenvalue weighted by Crippen LogP contribution is -2.48. The van der Waals surface area contributed by atoms with Crippen LogP contribution in [0.4, 0.5) is 4.39 Å². The van der Waals surface area contributed by atoms with E-state index in [4.69, 9.17) is 0 Å². The van der Waals surface area contributed by atoms with E-state index in [0.29, 0.717) is 31.1 Å². The third-order valence-corrected chi connectivity index (χ3v) is 5.20. The fraction of sp³-hybridized carbons (Fsp3) is 0.294. The molecule has 0 radical (unpaired) electrons. The Morgan fingerprint density at radius 2 is 2.00 bits per heavy atom. The van der Waals surface area contributed by atoms with Crippen LogP contribution in [0.1, 0.15) is 15.5 Å². The summed E-state index contributed by atoms with van der Waals surface area (Å²) in [7, 11) is 0. The SMILES string of the molecule is O=C(c1cccs1)N1CCN(Cc2nnnn2-c2cccc(F)c2)CC1. The van der Waals surface area contributed by atoms with E-state index >= 15 is 0 Å². The van der Waals surface area contributed by atoms with E-state index in [1.165, 1.54) is 23.5 Å². The number of thiophene rings is 1. The van der Waals surface area contributed by atoms with Gasteiger partial charge in [-0.1, -0.05) is 12.1 Å². The molecule has 0 N–H and O–H groups in total. The number of piperazine rings is 1. The van der Waals surface area contributed by atoms with E-state index in [2.05, 4.69) is 20.4 Å². The van der Waals surface area contributed by atoms with Crippen LogP contribution in [-0.2, 0) is 6.54 Å². The van der Waals surface area contributed by atoms with Gasteiger partial charge in [0.05, 0.1) is 17.1 Å². The van der Waals surface area contributed by atoms with Gasteiger partial charge in [-0.25, -0.2) is 4.39 Å². The van der Waals surface area contributed by atoms with Crippen molar-refractivity contribution in [1.82, 2.24) is 30.0 Å². The van der Waals surface area contributed by atoms with Gasteiger partial charge in [0.25, 0.3) is 5.91 Å². The maximum Gasteiger partial charge on any atom is 0.264 e. The molecule has 0 saturated carbocycles. The van der Waals surface area contributed by atoms with Crippen LogP contribution in [0.3, 0.4) is 0 Å². The second-order valence-electron chi connectivity index (χ2n) is 6.03. The molecule has 3 heterocycles. The molecule has 1 aromatic carbocycles. The standard InChI is InChI=1S/C17H17FN6OS/c18-13-3-1-4-14(11-13)24-16(19-20-21-24)12-22-6-8-23(9-7-22)17(25)15-5-2-10-26-15/h1-5,10-11H,6-9,12H2. The predicted molar refractivity (Wildman–Crippen MR) is 94.6 cm³/mol. The smallest absolute Gasteiger partial charge is 0.264 e. The first-order chi connectivity index (χ1) is 12.7. The molecule has 0 unspecified atom stereocenters. The molecule has 0 aliphatic carbocycles. The first kappa shape index (κ1) is 16.8. The number of hydrogen-bond donors (Lipinski definition) is 0. The lowest BCUT2D eigenvalue weighted by molar-refractivity contribution is 0.0629. The minimum absolute atomic E-state index is 0.0873. The predicted octanol–water partition coefficient (Wildman–Crippen LogP) is 1.82. The van der Waals surface area contributed by atoms with Crippen LogP contribution >= 0.6 is 11.3 Å². The molecule has 1 amide bonds. The van der Waals surface area contributed by atoms with Gasteiger partial charge in [0.1, 0.15) is 5.82 Å². The highest BCUT2D eigenvalue weighted by atomic mass is 32.1. The van der Waals surface area contributed by atoms with Gasteiger partial charge in [-0.15, -0.1) is 16.4 Å². The van der Waals surface area contributed by atoms with Gasteiger partial charge in [-0.05, 0) is 40.1 Å². The Hall–Kier alpha value is -2.65. The zero-order valence-corrected chi connectivity index (χ0v) is 14.8. The topological polar surface area (TPSA) is 67.2 Å². The molecule has 0 atom stereocenters. The van der Waals surface area contributed by atoms with Crippen LogP contribution in [0, 0.1) is 5.82 Å². The molecule has 2 aromatic heterocycles. The molecule has 1 saturated heterocycles. The Morgan fingerprint density at radius 1 is 1.15 bits per heavy atom. The largest absolute Gasteiger partial charge is 0.335 e. The molecular weight excluding hydrogens is 355 g/mol. The van der Waals surface area contributed by atoms with Crippen molar-refractivity contribution in [2.45, 2.75) is 6.54 Å². The molecule has 0 bridgehead atoms. The van der Waals surface area contributed by atoms with Gasteiger partial charge >= 0.3 is 0 Å². The Balaban J connectivity index is 1.40. The molecule has 26 heavy (non-hydrogen) atoms. The Labute approximate surface area is 153 Å². The number of carbonyl (C=O) groups is 1. The number of nitrogens with zero attached hydrogens (tertiary/aromatic N) is 6. The summed E-state index contributed by atoms with van der Waals surface area (Å²) in [5.41, 5.74) is 0.594. The van der Waals surface area contributed by atoms with Crippen molar-refractivity contribution in [2.75, 3.05) is 26.2 Å². The second-order valence-corrected chi connectivity index (χ2v) is 6.98. The molecule has 1 aliphatic rings. The number of halogens is 1. The highest BCUT2D eigenvalue weighted by Gasteiger charge is 2.24. The number of tetrazole rings is 1. The molecule has 4 rings (SSSR count). The number of benzene rings is 1. The maximum atomic E-state index is 13.5. The van der Waals surface area contributed by atoms with E-state index in [1.807, 2.05) is 22.4 Å². The molecule has 7 nitrogen and oxygen atoms in total. The molecule has 134 valence electrons. The molecule has 1 aliphatic heterocycles. The highest BCUT2D eigenvalue weighted by molar-refractivity contribution is 7.12. The van der Waals surface area contributed by atoms with E-state index in [-0.39, 0.29) is 11.7 Å². The summed E-state index contributed by atoms with van der Waals surface area (Å²) in [6, 6.07) is 9.92. The van der Waals surface area contributed by atoms with Crippen molar-refractivity contribution < 1.29 is 9.18 Å². The fourth-order valence-corrected chi connectivity index (χ4v) is 3.67. The third-order valence-electron chi connectivity index (χ3n) is 4.34. The van der Waals surface area contributed by atoms with E-state index < -0.39 is 0 Å². The Morgan fingerprint density at radius 3 is 2.73 bits per heavy atom. The zero-order valence-electron chi connectivity index (χ0n) is 14.0. The summed E-state index contributed by atoms with van der Waals surface area (Å²) in [6.07, 6.45) is 0. The van der Waals surface area contributed by atoms with Crippen LogP contribution in [0.15, 0.2) is 41.8 Å². The fourth-order valence-electron chi connectivity index (χ4n) is 2.98. The summed E-state index contributed by atoms with van der Waals surface area (Å²) >= 11 is 1.46. The summed E-state index contributed by atoms with van der Waals surface area (Å²) < 4.78 is 15.0.